The molecule has 0 radical (unpaired) electrons. The number of piperazine rings is 1. The van der Waals surface area contributed by atoms with Crippen LogP contribution in [0.25, 0.3) is 0 Å². The molecule has 1 atom stereocenters. The Hall–Kier alpha value is -1.55. The van der Waals surface area contributed by atoms with E-state index in [2.05, 4.69) is 34.5 Å². The number of carbonyl (C=O) groups excluding carboxylic acids is 1. The molecule has 1 aliphatic heterocycles. The lowest BCUT2D eigenvalue weighted by Gasteiger charge is -2.39. The van der Waals surface area contributed by atoms with Crippen molar-refractivity contribution in [3.05, 3.63) is 35.4 Å². The third-order valence-corrected chi connectivity index (χ3v) is 6.11. The van der Waals surface area contributed by atoms with Crippen LogP contribution in [0.3, 0.4) is 0 Å². The van der Waals surface area contributed by atoms with Gasteiger partial charge >= 0.3 is 6.03 Å². The van der Waals surface area contributed by atoms with Crippen molar-refractivity contribution in [3.8, 4) is 0 Å². The topological polar surface area (TPSA) is 35.6 Å². The van der Waals surface area contributed by atoms with Crippen LogP contribution in [0.1, 0.15) is 55.7 Å². The van der Waals surface area contributed by atoms with Crippen LogP contribution in [0.2, 0.25) is 0 Å². The number of benzene rings is 1. The van der Waals surface area contributed by atoms with Gasteiger partial charge in [-0.3, -0.25) is 4.90 Å². The van der Waals surface area contributed by atoms with Gasteiger partial charge in [0.25, 0.3) is 0 Å². The Kier molecular flexibility index (Phi) is 4.74. The standard InChI is InChI=1S/C20H29N3O/c24-20(21-19-11-5-7-16-6-1-4-10-18(16)19)23-14-12-22(13-15-23)17-8-2-3-9-17/h1,4,6,10,17,19H,2-3,5,7-9,11-15H2,(H,21,24). The van der Waals surface area contributed by atoms with Crippen molar-refractivity contribution in [2.24, 2.45) is 0 Å². The van der Waals surface area contributed by atoms with Gasteiger partial charge in [0.15, 0.2) is 0 Å². The summed E-state index contributed by atoms with van der Waals surface area (Å²) in [4.78, 5) is 17.3. The van der Waals surface area contributed by atoms with Crippen molar-refractivity contribution < 1.29 is 4.79 Å². The Morgan fingerprint density at radius 3 is 2.50 bits per heavy atom. The Morgan fingerprint density at radius 1 is 0.958 bits per heavy atom. The van der Waals surface area contributed by atoms with E-state index in [1.54, 1.807) is 0 Å². The second-order valence-corrected chi connectivity index (χ2v) is 7.55. The number of hydrogen-bond acceptors (Lipinski definition) is 2. The van der Waals surface area contributed by atoms with Crippen LogP contribution in [0.4, 0.5) is 4.79 Å². The van der Waals surface area contributed by atoms with Gasteiger partial charge in [0, 0.05) is 32.2 Å². The van der Waals surface area contributed by atoms with Crippen molar-refractivity contribution in [1.82, 2.24) is 15.1 Å². The minimum absolute atomic E-state index is 0.128. The molecular formula is C20H29N3O. The van der Waals surface area contributed by atoms with E-state index >= 15 is 0 Å². The third kappa shape index (κ3) is 3.30. The molecule has 4 nitrogen and oxygen atoms in total. The average Bonchev–Trinajstić information content (AvgIpc) is 3.17. The molecule has 1 N–H and O–H groups in total. The van der Waals surface area contributed by atoms with Gasteiger partial charge in [-0.15, -0.1) is 0 Å². The molecule has 1 saturated carbocycles. The van der Waals surface area contributed by atoms with Gasteiger partial charge in [-0.05, 0) is 43.2 Å². The zero-order chi connectivity index (χ0) is 16.4. The second kappa shape index (κ2) is 7.14. The van der Waals surface area contributed by atoms with Gasteiger partial charge in [-0.1, -0.05) is 37.1 Å². The van der Waals surface area contributed by atoms with Gasteiger partial charge < -0.3 is 10.2 Å². The first-order valence-electron chi connectivity index (χ1n) is 9.68. The second-order valence-electron chi connectivity index (χ2n) is 7.55. The highest BCUT2D eigenvalue weighted by Crippen LogP contribution is 2.30. The van der Waals surface area contributed by atoms with E-state index in [0.29, 0.717) is 0 Å². The largest absolute Gasteiger partial charge is 0.331 e. The molecule has 2 amide bonds. The number of nitrogens with one attached hydrogen (secondary N) is 1. The fraction of sp³-hybridized carbons (Fsp3) is 0.650. The van der Waals surface area contributed by atoms with Crippen LogP contribution < -0.4 is 5.32 Å². The normalized spacial score (nSPS) is 25.5. The molecule has 1 heterocycles. The van der Waals surface area contributed by atoms with Crippen molar-refractivity contribution >= 4 is 6.03 Å². The van der Waals surface area contributed by atoms with E-state index in [9.17, 15) is 4.79 Å². The molecule has 2 aliphatic carbocycles. The first kappa shape index (κ1) is 15.9. The molecular weight excluding hydrogens is 298 g/mol. The Balaban J connectivity index is 1.33. The number of urea groups is 1. The maximum absolute atomic E-state index is 12.7. The molecule has 0 aromatic heterocycles. The van der Waals surface area contributed by atoms with Crippen LogP contribution in [0.15, 0.2) is 24.3 Å². The van der Waals surface area contributed by atoms with Gasteiger partial charge in [-0.25, -0.2) is 4.79 Å². The van der Waals surface area contributed by atoms with Crippen LogP contribution >= 0.6 is 0 Å². The summed E-state index contributed by atoms with van der Waals surface area (Å²) >= 11 is 0. The Bertz CT molecular complexity index is 574. The number of fused-ring (bicyclic) bond motifs is 1. The summed E-state index contributed by atoms with van der Waals surface area (Å²) in [6.45, 7) is 3.83. The highest BCUT2D eigenvalue weighted by molar-refractivity contribution is 5.75. The van der Waals surface area contributed by atoms with E-state index in [1.807, 2.05) is 4.90 Å². The Morgan fingerprint density at radius 2 is 1.71 bits per heavy atom. The smallest absolute Gasteiger partial charge is 0.317 e. The molecule has 2 fully saturated rings. The minimum atomic E-state index is 0.128. The zero-order valence-electron chi connectivity index (χ0n) is 14.5. The third-order valence-electron chi connectivity index (χ3n) is 6.11. The molecule has 1 unspecified atom stereocenters. The molecule has 1 aromatic rings. The molecule has 1 aromatic carbocycles. The number of rotatable bonds is 2. The molecule has 1 saturated heterocycles. The van der Waals surface area contributed by atoms with Crippen LogP contribution in [-0.2, 0) is 6.42 Å². The van der Waals surface area contributed by atoms with Gasteiger partial charge in [-0.2, -0.15) is 0 Å². The van der Waals surface area contributed by atoms with Crippen molar-refractivity contribution in [2.45, 2.75) is 57.0 Å². The fourth-order valence-electron chi connectivity index (χ4n) is 4.70. The number of hydrogen-bond donors (Lipinski definition) is 1. The number of nitrogens with zero attached hydrogens (tertiary/aromatic N) is 2. The molecule has 4 heteroatoms. The molecule has 0 bridgehead atoms. The molecule has 3 aliphatic rings. The zero-order valence-corrected chi connectivity index (χ0v) is 14.5. The summed E-state index contributed by atoms with van der Waals surface area (Å²) in [5, 5.41) is 3.30. The van der Waals surface area contributed by atoms with E-state index in [4.69, 9.17) is 0 Å². The Labute approximate surface area is 145 Å². The predicted molar refractivity (Wildman–Crippen MR) is 96.1 cm³/mol. The number of amides is 2. The van der Waals surface area contributed by atoms with Gasteiger partial charge in [0.05, 0.1) is 6.04 Å². The summed E-state index contributed by atoms with van der Waals surface area (Å²) in [7, 11) is 0. The van der Waals surface area contributed by atoms with Gasteiger partial charge in [0.1, 0.15) is 0 Å². The van der Waals surface area contributed by atoms with E-state index in [0.717, 1.165) is 51.5 Å². The molecule has 4 rings (SSSR count). The summed E-state index contributed by atoms with van der Waals surface area (Å²) in [5.41, 5.74) is 2.72. The first-order chi connectivity index (χ1) is 11.8. The number of carbonyl (C=O) groups is 1. The van der Waals surface area contributed by atoms with E-state index in [1.165, 1.54) is 36.8 Å². The molecule has 130 valence electrons. The highest BCUT2D eigenvalue weighted by atomic mass is 16.2. The minimum Gasteiger partial charge on any atom is -0.331 e. The van der Waals surface area contributed by atoms with Crippen LogP contribution in [-0.4, -0.2) is 48.1 Å². The number of aryl methyl sites for hydroxylation is 1. The lowest BCUT2D eigenvalue weighted by Crippen LogP contribution is -2.54. The van der Waals surface area contributed by atoms with Gasteiger partial charge in [0.2, 0.25) is 0 Å². The maximum Gasteiger partial charge on any atom is 0.317 e. The highest BCUT2D eigenvalue weighted by Gasteiger charge is 2.29. The van der Waals surface area contributed by atoms with Crippen molar-refractivity contribution in [2.75, 3.05) is 26.2 Å². The average molecular weight is 327 g/mol. The van der Waals surface area contributed by atoms with Crippen LogP contribution in [0.5, 0.6) is 0 Å². The molecule has 24 heavy (non-hydrogen) atoms. The monoisotopic (exact) mass is 327 g/mol. The first-order valence-corrected chi connectivity index (χ1v) is 9.68. The summed E-state index contributed by atoms with van der Waals surface area (Å²) in [5.74, 6) is 0. The quantitative estimate of drug-likeness (QED) is 0.904. The fourth-order valence-corrected chi connectivity index (χ4v) is 4.70. The van der Waals surface area contributed by atoms with Crippen molar-refractivity contribution in [3.63, 3.8) is 0 Å². The summed E-state index contributed by atoms with van der Waals surface area (Å²) in [6, 6.07) is 9.67. The SMILES string of the molecule is O=C(NC1CCCc2ccccc21)N1CCN(C2CCCC2)CC1. The molecule has 0 spiro atoms. The lowest BCUT2D eigenvalue weighted by molar-refractivity contribution is 0.108. The van der Waals surface area contributed by atoms with Crippen molar-refractivity contribution in [1.29, 1.82) is 0 Å². The maximum atomic E-state index is 12.7. The van der Waals surface area contributed by atoms with E-state index < -0.39 is 0 Å². The van der Waals surface area contributed by atoms with E-state index in [-0.39, 0.29) is 12.1 Å². The van der Waals surface area contributed by atoms with Crippen LogP contribution in [0, 0.1) is 0 Å². The lowest BCUT2D eigenvalue weighted by atomic mass is 9.88. The summed E-state index contributed by atoms with van der Waals surface area (Å²) in [6.07, 6.45) is 8.83. The summed E-state index contributed by atoms with van der Waals surface area (Å²) < 4.78 is 0. The predicted octanol–water partition coefficient (Wildman–Crippen LogP) is 3.33.